The number of oxazole rings is 1. The van der Waals surface area contributed by atoms with Crippen molar-refractivity contribution < 1.29 is 19.1 Å². The highest BCUT2D eigenvalue weighted by Crippen LogP contribution is 2.30. The average Bonchev–Trinajstić information content (AvgIpc) is 2.98. The molecule has 0 amide bonds. The molecule has 0 fully saturated rings. The number of benzene rings is 2. The second-order valence-corrected chi connectivity index (χ2v) is 5.84. The van der Waals surface area contributed by atoms with Crippen LogP contribution < -0.4 is 9.84 Å². The Morgan fingerprint density at radius 3 is 2.67 bits per heavy atom. The van der Waals surface area contributed by atoms with Crippen LogP contribution in [0.2, 0.25) is 0 Å². The summed E-state index contributed by atoms with van der Waals surface area (Å²) in [6, 6.07) is 14.4. The maximum absolute atomic E-state index is 11.4. The Balaban J connectivity index is 1.84. The van der Waals surface area contributed by atoms with Gasteiger partial charge in [0.1, 0.15) is 11.3 Å². The molecular formula is C18H14NO4S-. The molecule has 3 rings (SSSR count). The molecular weight excluding hydrogens is 326 g/mol. The highest BCUT2D eigenvalue weighted by Gasteiger charge is 2.10. The first-order chi connectivity index (χ1) is 11.7. The molecule has 0 spiro atoms. The number of carboxylic acid groups (broad SMARTS) is 1. The minimum Gasteiger partial charge on any atom is -0.544 e. The first-order valence-electron chi connectivity index (χ1n) is 7.35. The molecule has 0 radical (unpaired) electrons. The predicted octanol–water partition coefficient (Wildman–Crippen LogP) is 3.11. The smallest absolute Gasteiger partial charge is 0.261 e. The average molecular weight is 340 g/mol. The standard InChI is InChI=1S/C18H15NO4S/c1-2-22-13-9-7-12(8-10-13)11-16(17(20)21)24-18-19-14-5-3-4-6-15(14)23-18/h3-11H,2H2,1H3,(H,20,21)/p-1/b16-11+. The Morgan fingerprint density at radius 2 is 2.00 bits per heavy atom. The lowest BCUT2D eigenvalue weighted by Gasteiger charge is -2.06. The molecule has 122 valence electrons. The van der Waals surface area contributed by atoms with E-state index in [4.69, 9.17) is 9.15 Å². The molecule has 24 heavy (non-hydrogen) atoms. The van der Waals surface area contributed by atoms with E-state index in [1.165, 1.54) is 6.08 Å². The molecule has 0 unspecified atom stereocenters. The van der Waals surface area contributed by atoms with E-state index in [-0.39, 0.29) is 10.1 Å². The van der Waals surface area contributed by atoms with Crippen molar-refractivity contribution in [2.45, 2.75) is 12.1 Å². The molecule has 0 N–H and O–H groups in total. The molecule has 1 aromatic heterocycles. The van der Waals surface area contributed by atoms with Crippen molar-refractivity contribution in [2.75, 3.05) is 6.61 Å². The van der Waals surface area contributed by atoms with Gasteiger partial charge in [0.25, 0.3) is 5.22 Å². The minimum absolute atomic E-state index is 0.0192. The largest absolute Gasteiger partial charge is 0.544 e. The number of thioether (sulfide) groups is 1. The fraction of sp³-hybridized carbons (Fsp3) is 0.111. The van der Waals surface area contributed by atoms with Crippen LogP contribution in [0, 0.1) is 0 Å². The first kappa shape index (κ1) is 16.1. The highest BCUT2D eigenvalue weighted by atomic mass is 32.2. The molecule has 2 aromatic carbocycles. The van der Waals surface area contributed by atoms with Gasteiger partial charge in [-0.2, -0.15) is 0 Å². The summed E-state index contributed by atoms with van der Waals surface area (Å²) in [6.45, 7) is 2.48. The molecule has 6 heteroatoms. The Hall–Kier alpha value is -2.73. The summed E-state index contributed by atoms with van der Waals surface area (Å²) in [5.41, 5.74) is 2.01. The van der Waals surface area contributed by atoms with Crippen molar-refractivity contribution in [1.29, 1.82) is 0 Å². The lowest BCUT2D eigenvalue weighted by molar-refractivity contribution is -0.298. The molecule has 0 saturated carbocycles. The Labute approximate surface area is 143 Å². The fourth-order valence-corrected chi connectivity index (χ4v) is 2.84. The highest BCUT2D eigenvalue weighted by molar-refractivity contribution is 8.03. The molecule has 1 heterocycles. The number of carbonyl (C=O) groups excluding carboxylic acids is 1. The van der Waals surface area contributed by atoms with Gasteiger partial charge in [0.15, 0.2) is 5.58 Å². The van der Waals surface area contributed by atoms with Crippen LogP contribution in [0.3, 0.4) is 0 Å². The van der Waals surface area contributed by atoms with Gasteiger partial charge in [-0.3, -0.25) is 0 Å². The normalized spacial score (nSPS) is 11.6. The van der Waals surface area contributed by atoms with Crippen molar-refractivity contribution in [3.63, 3.8) is 0 Å². The van der Waals surface area contributed by atoms with E-state index in [2.05, 4.69) is 4.98 Å². The zero-order chi connectivity index (χ0) is 16.9. The van der Waals surface area contributed by atoms with Crippen molar-refractivity contribution >= 4 is 34.9 Å². The summed E-state index contributed by atoms with van der Waals surface area (Å²) < 4.78 is 10.9. The van der Waals surface area contributed by atoms with E-state index in [0.29, 0.717) is 17.7 Å². The van der Waals surface area contributed by atoms with E-state index in [9.17, 15) is 9.90 Å². The van der Waals surface area contributed by atoms with Gasteiger partial charge in [-0.15, -0.1) is 0 Å². The summed E-state index contributed by atoms with van der Waals surface area (Å²) >= 11 is 0.922. The zero-order valence-corrected chi connectivity index (χ0v) is 13.7. The lowest BCUT2D eigenvalue weighted by Crippen LogP contribution is -2.22. The number of fused-ring (bicyclic) bond motifs is 1. The molecule has 0 atom stereocenters. The van der Waals surface area contributed by atoms with Crippen molar-refractivity contribution in [2.24, 2.45) is 0 Å². The van der Waals surface area contributed by atoms with Gasteiger partial charge in [-0.1, -0.05) is 24.3 Å². The van der Waals surface area contributed by atoms with Crippen LogP contribution in [0.1, 0.15) is 12.5 Å². The SMILES string of the molecule is CCOc1ccc(/C=C(/Sc2nc3ccccc3o2)C(=O)[O-])cc1. The van der Waals surface area contributed by atoms with Crippen LogP contribution in [-0.2, 0) is 4.79 Å². The van der Waals surface area contributed by atoms with Crippen LogP contribution in [0.5, 0.6) is 5.75 Å². The Bertz CT molecular complexity index is 850. The Kier molecular flexibility index (Phi) is 4.86. The van der Waals surface area contributed by atoms with E-state index in [1.54, 1.807) is 36.4 Å². The van der Waals surface area contributed by atoms with Gasteiger partial charge >= 0.3 is 0 Å². The third-order valence-corrected chi connectivity index (χ3v) is 4.02. The van der Waals surface area contributed by atoms with E-state index >= 15 is 0 Å². The summed E-state index contributed by atoms with van der Waals surface area (Å²) in [7, 11) is 0. The molecule has 5 nitrogen and oxygen atoms in total. The van der Waals surface area contributed by atoms with E-state index in [0.717, 1.165) is 23.1 Å². The van der Waals surface area contributed by atoms with Gasteiger partial charge in [-0.05, 0) is 54.6 Å². The topological polar surface area (TPSA) is 75.4 Å². The number of ether oxygens (including phenoxy) is 1. The number of carbonyl (C=O) groups is 1. The third-order valence-electron chi connectivity index (χ3n) is 3.16. The number of rotatable bonds is 6. The van der Waals surface area contributed by atoms with Gasteiger partial charge < -0.3 is 19.1 Å². The first-order valence-corrected chi connectivity index (χ1v) is 8.16. The molecule has 0 saturated heterocycles. The summed E-state index contributed by atoms with van der Waals surface area (Å²) in [5, 5.41) is 11.7. The molecule has 3 aromatic rings. The monoisotopic (exact) mass is 340 g/mol. The predicted molar refractivity (Wildman–Crippen MR) is 90.5 cm³/mol. The maximum atomic E-state index is 11.4. The van der Waals surface area contributed by atoms with Gasteiger partial charge in [0.05, 0.1) is 12.6 Å². The maximum Gasteiger partial charge on any atom is 0.261 e. The van der Waals surface area contributed by atoms with Gasteiger partial charge in [0, 0.05) is 4.91 Å². The van der Waals surface area contributed by atoms with E-state index < -0.39 is 5.97 Å². The van der Waals surface area contributed by atoms with E-state index in [1.807, 2.05) is 19.1 Å². The summed E-state index contributed by atoms with van der Waals surface area (Å²) in [6.07, 6.45) is 1.52. The second-order valence-electron chi connectivity index (χ2n) is 4.85. The van der Waals surface area contributed by atoms with Crippen molar-refractivity contribution in [1.82, 2.24) is 4.98 Å². The molecule has 0 aliphatic heterocycles. The number of aliphatic carboxylic acids is 1. The number of nitrogens with zero attached hydrogens (tertiary/aromatic N) is 1. The number of carboxylic acids is 1. The second kappa shape index (κ2) is 7.23. The molecule has 0 bridgehead atoms. The zero-order valence-electron chi connectivity index (χ0n) is 12.9. The van der Waals surface area contributed by atoms with Gasteiger partial charge in [0.2, 0.25) is 0 Å². The number of hydrogen-bond acceptors (Lipinski definition) is 6. The molecule has 0 aliphatic carbocycles. The number of para-hydroxylation sites is 2. The fourth-order valence-electron chi connectivity index (χ4n) is 2.10. The Morgan fingerprint density at radius 1 is 1.25 bits per heavy atom. The summed E-state index contributed by atoms with van der Waals surface area (Å²) in [4.78, 5) is 15.7. The van der Waals surface area contributed by atoms with Crippen LogP contribution in [0.25, 0.3) is 17.2 Å². The van der Waals surface area contributed by atoms with Crippen LogP contribution in [-0.4, -0.2) is 17.6 Å². The van der Waals surface area contributed by atoms with Crippen LogP contribution in [0.15, 0.2) is 63.1 Å². The van der Waals surface area contributed by atoms with Crippen LogP contribution >= 0.6 is 11.8 Å². The lowest BCUT2D eigenvalue weighted by atomic mass is 10.2. The summed E-state index contributed by atoms with van der Waals surface area (Å²) in [5.74, 6) is -0.549. The van der Waals surface area contributed by atoms with Crippen molar-refractivity contribution in [3.05, 3.63) is 59.0 Å². The number of aromatic nitrogens is 1. The minimum atomic E-state index is -1.28. The molecule has 0 aliphatic rings. The van der Waals surface area contributed by atoms with Crippen LogP contribution in [0.4, 0.5) is 0 Å². The third kappa shape index (κ3) is 3.78. The van der Waals surface area contributed by atoms with Crippen molar-refractivity contribution in [3.8, 4) is 5.75 Å². The van der Waals surface area contributed by atoms with Gasteiger partial charge in [-0.25, -0.2) is 4.98 Å². The quantitative estimate of drug-likeness (QED) is 0.507. The number of hydrogen-bond donors (Lipinski definition) is 0.